The number of hydrogen-bond acceptors (Lipinski definition) is 5. The van der Waals surface area contributed by atoms with Gasteiger partial charge in [0.2, 0.25) is 11.8 Å². The molecule has 0 bridgehead atoms. The summed E-state index contributed by atoms with van der Waals surface area (Å²) in [5.74, 6) is 0.158. The fraction of sp³-hybridized carbons (Fsp3) is 0.500. The average Bonchev–Trinajstić information content (AvgIpc) is 3.24. The second kappa shape index (κ2) is 11.4. The lowest BCUT2D eigenvalue weighted by atomic mass is 10.0. The summed E-state index contributed by atoms with van der Waals surface area (Å²) < 4.78 is 24.4. The fourth-order valence-electron chi connectivity index (χ4n) is 3.78. The third kappa shape index (κ3) is 6.29. The van der Waals surface area contributed by atoms with Gasteiger partial charge in [0.1, 0.15) is 24.8 Å². The number of carbonyl (C=O) groups excluding carboxylic acids is 2. The number of methoxy groups -OCH3 is 1. The topological polar surface area (TPSA) is 59.1 Å². The lowest BCUT2D eigenvalue weighted by Crippen LogP contribution is -2.48. The van der Waals surface area contributed by atoms with Gasteiger partial charge in [-0.15, -0.1) is 11.3 Å². The van der Waals surface area contributed by atoms with Crippen molar-refractivity contribution in [3.8, 4) is 5.75 Å². The highest BCUT2D eigenvalue weighted by Gasteiger charge is 2.33. The minimum absolute atomic E-state index is 0.00481. The molecule has 1 aromatic heterocycles. The maximum absolute atomic E-state index is 13.5. The molecule has 0 spiro atoms. The van der Waals surface area contributed by atoms with Gasteiger partial charge in [-0.2, -0.15) is 0 Å². The highest BCUT2D eigenvalue weighted by Crippen LogP contribution is 2.34. The second-order valence-corrected chi connectivity index (χ2v) is 9.35. The molecule has 32 heavy (non-hydrogen) atoms. The van der Waals surface area contributed by atoms with Crippen molar-refractivity contribution in [3.63, 3.8) is 0 Å². The summed E-state index contributed by atoms with van der Waals surface area (Å²) in [5.41, 5.74) is 1.06. The van der Waals surface area contributed by atoms with Crippen LogP contribution in [-0.4, -0.2) is 61.6 Å². The van der Waals surface area contributed by atoms with Crippen LogP contribution in [0.4, 0.5) is 4.39 Å². The van der Waals surface area contributed by atoms with Crippen molar-refractivity contribution >= 4 is 23.2 Å². The van der Waals surface area contributed by atoms with Crippen LogP contribution in [0.5, 0.6) is 5.75 Å². The number of nitrogens with zero attached hydrogens (tertiary/aromatic N) is 2. The molecule has 1 atom stereocenters. The van der Waals surface area contributed by atoms with E-state index in [1.807, 2.05) is 11.4 Å². The van der Waals surface area contributed by atoms with E-state index in [0.717, 1.165) is 18.4 Å². The molecule has 1 aliphatic rings. The zero-order valence-corrected chi connectivity index (χ0v) is 19.7. The number of carbonyl (C=O) groups is 2. The van der Waals surface area contributed by atoms with Crippen LogP contribution in [0.3, 0.4) is 0 Å². The van der Waals surface area contributed by atoms with Gasteiger partial charge in [0, 0.05) is 31.1 Å². The quantitative estimate of drug-likeness (QED) is 0.537. The Morgan fingerprint density at radius 3 is 2.84 bits per heavy atom. The van der Waals surface area contributed by atoms with E-state index < -0.39 is 0 Å². The number of thiophene rings is 1. The summed E-state index contributed by atoms with van der Waals surface area (Å²) in [7, 11) is 1.48. The van der Waals surface area contributed by atoms with Gasteiger partial charge in [-0.3, -0.25) is 9.59 Å². The number of halogens is 1. The summed E-state index contributed by atoms with van der Waals surface area (Å²) in [4.78, 5) is 30.5. The summed E-state index contributed by atoms with van der Waals surface area (Å²) >= 11 is 1.67. The first-order valence-corrected chi connectivity index (χ1v) is 11.8. The van der Waals surface area contributed by atoms with Crippen molar-refractivity contribution in [2.24, 2.45) is 5.92 Å². The predicted molar refractivity (Wildman–Crippen MR) is 122 cm³/mol. The third-order valence-corrected chi connectivity index (χ3v) is 6.54. The van der Waals surface area contributed by atoms with Crippen molar-refractivity contribution in [1.82, 2.24) is 9.80 Å². The molecule has 0 fully saturated rings. The molecule has 0 radical (unpaired) electrons. The van der Waals surface area contributed by atoms with Gasteiger partial charge in [-0.1, -0.05) is 19.9 Å². The van der Waals surface area contributed by atoms with Crippen LogP contribution >= 0.6 is 11.3 Å². The van der Waals surface area contributed by atoms with Gasteiger partial charge in [0.05, 0.1) is 12.6 Å². The molecule has 1 aromatic carbocycles. The normalized spacial score (nSPS) is 15.5. The molecular weight excluding hydrogens is 431 g/mol. The molecule has 2 amide bonds. The van der Waals surface area contributed by atoms with Crippen molar-refractivity contribution in [2.75, 3.05) is 40.0 Å². The molecule has 1 aliphatic heterocycles. The Morgan fingerprint density at radius 1 is 1.31 bits per heavy atom. The molecule has 0 aliphatic carbocycles. The third-order valence-electron chi connectivity index (χ3n) is 5.54. The summed E-state index contributed by atoms with van der Waals surface area (Å²) in [6.07, 6.45) is 1.58. The van der Waals surface area contributed by atoms with Crippen molar-refractivity contribution in [1.29, 1.82) is 0 Å². The van der Waals surface area contributed by atoms with Gasteiger partial charge in [0.25, 0.3) is 0 Å². The first-order chi connectivity index (χ1) is 15.4. The van der Waals surface area contributed by atoms with E-state index >= 15 is 0 Å². The van der Waals surface area contributed by atoms with E-state index in [1.165, 1.54) is 24.1 Å². The monoisotopic (exact) mass is 462 g/mol. The van der Waals surface area contributed by atoms with Gasteiger partial charge in [0.15, 0.2) is 0 Å². The molecule has 2 heterocycles. The van der Waals surface area contributed by atoms with Gasteiger partial charge in [-0.25, -0.2) is 4.39 Å². The minimum Gasteiger partial charge on any atom is -0.491 e. The highest BCUT2D eigenvalue weighted by atomic mass is 32.1. The van der Waals surface area contributed by atoms with E-state index in [9.17, 15) is 14.0 Å². The molecule has 174 valence electrons. The molecule has 0 saturated heterocycles. The van der Waals surface area contributed by atoms with Crippen molar-refractivity contribution in [2.45, 2.75) is 32.7 Å². The Bertz CT molecular complexity index is 917. The molecule has 3 rings (SSSR count). The summed E-state index contributed by atoms with van der Waals surface area (Å²) in [6, 6.07) is 7.72. The maximum Gasteiger partial charge on any atom is 0.249 e. The minimum atomic E-state index is -0.368. The van der Waals surface area contributed by atoms with Crippen LogP contribution in [0.1, 0.15) is 36.8 Å². The van der Waals surface area contributed by atoms with Gasteiger partial charge < -0.3 is 19.3 Å². The number of benzene rings is 1. The van der Waals surface area contributed by atoms with Crippen LogP contribution in [0.2, 0.25) is 0 Å². The Kier molecular flexibility index (Phi) is 8.64. The molecule has 0 N–H and O–H groups in total. The predicted octanol–water partition coefficient (Wildman–Crippen LogP) is 3.91. The van der Waals surface area contributed by atoms with Crippen LogP contribution in [-0.2, 0) is 20.7 Å². The largest absolute Gasteiger partial charge is 0.491 e. The lowest BCUT2D eigenvalue weighted by molar-refractivity contribution is -0.144. The average molecular weight is 463 g/mol. The maximum atomic E-state index is 13.5. The van der Waals surface area contributed by atoms with Crippen LogP contribution in [0.15, 0.2) is 35.7 Å². The van der Waals surface area contributed by atoms with Gasteiger partial charge in [-0.05, 0) is 47.9 Å². The van der Waals surface area contributed by atoms with E-state index in [1.54, 1.807) is 33.3 Å². The summed E-state index contributed by atoms with van der Waals surface area (Å²) in [6.45, 7) is 5.41. The first kappa shape index (κ1) is 24.2. The Hall–Kier alpha value is -2.45. The van der Waals surface area contributed by atoms with E-state index in [4.69, 9.17) is 9.47 Å². The standard InChI is InChI=1S/C24H31FN2O4S/c1-17(2)7-10-26(24(29)16-30-3)14-23(28)27-11-8-22-20(9-12-32-22)21(27)15-31-19-6-4-5-18(25)13-19/h4-6,9,12-13,17,21H,7-8,10-11,14-16H2,1-3H3/t21-/m0/s1. The number of fused-ring (bicyclic) bond motifs is 1. The lowest BCUT2D eigenvalue weighted by Gasteiger charge is -2.37. The van der Waals surface area contributed by atoms with E-state index in [2.05, 4.69) is 13.8 Å². The van der Waals surface area contributed by atoms with Crippen molar-refractivity contribution in [3.05, 3.63) is 52.0 Å². The number of hydrogen-bond donors (Lipinski definition) is 0. The molecule has 2 aromatic rings. The molecule has 0 unspecified atom stereocenters. The van der Waals surface area contributed by atoms with E-state index in [-0.39, 0.29) is 43.4 Å². The fourth-order valence-corrected chi connectivity index (χ4v) is 4.71. The summed E-state index contributed by atoms with van der Waals surface area (Å²) in [5, 5.41) is 2.02. The Balaban J connectivity index is 1.75. The molecule has 6 nitrogen and oxygen atoms in total. The smallest absolute Gasteiger partial charge is 0.249 e. The van der Waals surface area contributed by atoms with Gasteiger partial charge >= 0.3 is 0 Å². The van der Waals surface area contributed by atoms with Crippen LogP contribution in [0.25, 0.3) is 0 Å². The Labute approximate surface area is 192 Å². The second-order valence-electron chi connectivity index (χ2n) is 8.35. The SMILES string of the molecule is COCC(=O)N(CCC(C)C)CC(=O)N1CCc2sccc2[C@@H]1COc1cccc(F)c1. The first-order valence-electron chi connectivity index (χ1n) is 10.9. The Morgan fingerprint density at radius 2 is 2.12 bits per heavy atom. The van der Waals surface area contributed by atoms with E-state index in [0.29, 0.717) is 24.8 Å². The van der Waals surface area contributed by atoms with Crippen LogP contribution < -0.4 is 4.74 Å². The number of rotatable bonds is 10. The molecule has 0 saturated carbocycles. The number of ether oxygens (including phenoxy) is 2. The number of amides is 2. The zero-order chi connectivity index (χ0) is 23.1. The highest BCUT2D eigenvalue weighted by molar-refractivity contribution is 7.10. The molecular formula is C24H31FN2O4S. The van der Waals surface area contributed by atoms with Crippen LogP contribution in [0, 0.1) is 11.7 Å². The molecule has 8 heteroatoms. The van der Waals surface area contributed by atoms with Crippen molar-refractivity contribution < 1.29 is 23.5 Å². The zero-order valence-electron chi connectivity index (χ0n) is 18.9.